The Morgan fingerprint density at radius 2 is 1.86 bits per heavy atom. The number of esters is 2. The normalized spacial score (nSPS) is 11.9. The topological polar surface area (TPSA) is 72.8 Å². The van der Waals surface area contributed by atoms with Crippen molar-refractivity contribution in [2.75, 3.05) is 13.2 Å². The molecule has 0 radical (unpaired) electrons. The first-order chi connectivity index (χ1) is 6.56. The van der Waals surface area contributed by atoms with Gasteiger partial charge in [-0.25, -0.2) is 0 Å². The van der Waals surface area contributed by atoms with E-state index in [2.05, 4.69) is 4.74 Å². The Bertz CT molecular complexity index is 190. The van der Waals surface area contributed by atoms with Crippen molar-refractivity contribution in [2.24, 2.45) is 0 Å². The van der Waals surface area contributed by atoms with Gasteiger partial charge in [-0.3, -0.25) is 9.59 Å². The number of carbonyl (C=O) groups is 2. The number of hydrogen-bond acceptors (Lipinski definition) is 5. The molecule has 0 aromatic heterocycles. The van der Waals surface area contributed by atoms with E-state index in [-0.39, 0.29) is 19.2 Å². The van der Waals surface area contributed by atoms with Crippen LogP contribution in [0.25, 0.3) is 0 Å². The maximum atomic E-state index is 10.8. The van der Waals surface area contributed by atoms with Crippen molar-refractivity contribution < 1.29 is 24.2 Å². The molecule has 0 heterocycles. The Balaban J connectivity index is 3.48. The van der Waals surface area contributed by atoms with Gasteiger partial charge in [0.15, 0.2) is 0 Å². The Kier molecular flexibility index (Phi) is 6.74. The molecule has 1 N–H and O–H groups in total. The van der Waals surface area contributed by atoms with E-state index in [0.717, 1.165) is 0 Å². The molecule has 0 aliphatic rings. The molecule has 14 heavy (non-hydrogen) atoms. The summed E-state index contributed by atoms with van der Waals surface area (Å²) in [4.78, 5) is 21.2. The zero-order chi connectivity index (χ0) is 11.0. The lowest BCUT2D eigenvalue weighted by Gasteiger charge is -2.10. The number of hydrogen-bond donors (Lipinski definition) is 1. The average molecular weight is 204 g/mol. The van der Waals surface area contributed by atoms with Crippen LogP contribution in [0.4, 0.5) is 0 Å². The standard InChI is InChI=1S/C9H16O5/c1-3-4-9(12)14-6-8(11)5-13-7(2)10/h8,11H,3-6H2,1-2H3. The van der Waals surface area contributed by atoms with Crippen molar-refractivity contribution in [1.82, 2.24) is 0 Å². The molecule has 0 spiro atoms. The third kappa shape index (κ3) is 7.54. The molecule has 5 nitrogen and oxygen atoms in total. The predicted molar refractivity (Wildman–Crippen MR) is 48.5 cm³/mol. The van der Waals surface area contributed by atoms with E-state index in [0.29, 0.717) is 12.8 Å². The van der Waals surface area contributed by atoms with Crippen molar-refractivity contribution in [3.8, 4) is 0 Å². The third-order valence-electron chi connectivity index (χ3n) is 1.37. The molecule has 0 rings (SSSR count). The maximum absolute atomic E-state index is 10.8. The number of aliphatic hydroxyl groups is 1. The second-order valence-corrected chi connectivity index (χ2v) is 2.89. The van der Waals surface area contributed by atoms with Crippen molar-refractivity contribution in [3.05, 3.63) is 0 Å². The third-order valence-corrected chi connectivity index (χ3v) is 1.37. The molecular formula is C9H16O5. The van der Waals surface area contributed by atoms with E-state index in [9.17, 15) is 9.59 Å². The van der Waals surface area contributed by atoms with E-state index in [1.54, 1.807) is 0 Å². The van der Waals surface area contributed by atoms with Crippen LogP contribution in [0.15, 0.2) is 0 Å². The molecule has 5 heteroatoms. The molecule has 82 valence electrons. The number of rotatable bonds is 6. The van der Waals surface area contributed by atoms with E-state index in [1.807, 2.05) is 6.92 Å². The van der Waals surface area contributed by atoms with Gasteiger partial charge in [0.05, 0.1) is 0 Å². The summed E-state index contributed by atoms with van der Waals surface area (Å²) in [5.74, 6) is -0.821. The first-order valence-electron chi connectivity index (χ1n) is 4.53. The lowest BCUT2D eigenvalue weighted by Crippen LogP contribution is -2.24. The van der Waals surface area contributed by atoms with E-state index in [1.165, 1.54) is 6.92 Å². The van der Waals surface area contributed by atoms with Crippen LogP contribution < -0.4 is 0 Å². The molecule has 0 aromatic carbocycles. The van der Waals surface area contributed by atoms with Gasteiger partial charge in [-0.2, -0.15) is 0 Å². The van der Waals surface area contributed by atoms with Crippen molar-refractivity contribution in [3.63, 3.8) is 0 Å². The van der Waals surface area contributed by atoms with Crippen LogP contribution in [-0.2, 0) is 19.1 Å². The second-order valence-electron chi connectivity index (χ2n) is 2.89. The van der Waals surface area contributed by atoms with Gasteiger partial charge in [0, 0.05) is 13.3 Å². The predicted octanol–water partition coefficient (Wildman–Crippen LogP) is 0.254. The highest BCUT2D eigenvalue weighted by molar-refractivity contribution is 5.69. The molecule has 0 fully saturated rings. The smallest absolute Gasteiger partial charge is 0.305 e. The quantitative estimate of drug-likeness (QED) is 0.628. The maximum Gasteiger partial charge on any atom is 0.305 e. The summed E-state index contributed by atoms with van der Waals surface area (Å²) in [7, 11) is 0. The summed E-state index contributed by atoms with van der Waals surface area (Å²) in [6, 6.07) is 0. The second kappa shape index (κ2) is 7.32. The lowest BCUT2D eigenvalue weighted by atomic mass is 10.3. The average Bonchev–Trinajstić information content (AvgIpc) is 2.12. The minimum Gasteiger partial charge on any atom is -0.463 e. The van der Waals surface area contributed by atoms with Crippen LogP contribution in [0.5, 0.6) is 0 Å². The largest absolute Gasteiger partial charge is 0.463 e. The Hall–Kier alpha value is -1.10. The van der Waals surface area contributed by atoms with Crippen molar-refractivity contribution in [1.29, 1.82) is 0 Å². The zero-order valence-corrected chi connectivity index (χ0v) is 8.49. The van der Waals surface area contributed by atoms with Gasteiger partial charge in [-0.1, -0.05) is 6.92 Å². The molecule has 0 aromatic rings. The van der Waals surface area contributed by atoms with E-state index in [4.69, 9.17) is 9.84 Å². The number of aliphatic hydroxyl groups excluding tert-OH is 1. The molecule has 0 aliphatic carbocycles. The van der Waals surface area contributed by atoms with Crippen LogP contribution in [0.3, 0.4) is 0 Å². The SMILES string of the molecule is CCCC(=O)OCC(O)COC(C)=O. The Labute approximate surface area is 83.0 Å². The van der Waals surface area contributed by atoms with Gasteiger partial charge in [-0.05, 0) is 6.42 Å². The van der Waals surface area contributed by atoms with Crippen LogP contribution in [0.1, 0.15) is 26.7 Å². The molecule has 0 aliphatic heterocycles. The van der Waals surface area contributed by atoms with Crippen molar-refractivity contribution in [2.45, 2.75) is 32.8 Å². The first-order valence-corrected chi connectivity index (χ1v) is 4.53. The van der Waals surface area contributed by atoms with Gasteiger partial charge in [0.2, 0.25) is 0 Å². The molecule has 1 unspecified atom stereocenters. The van der Waals surface area contributed by atoms with Crippen molar-refractivity contribution >= 4 is 11.9 Å². The highest BCUT2D eigenvalue weighted by Crippen LogP contribution is 1.94. The lowest BCUT2D eigenvalue weighted by molar-refractivity contribution is -0.151. The van der Waals surface area contributed by atoms with Gasteiger partial charge >= 0.3 is 11.9 Å². The summed E-state index contributed by atoms with van der Waals surface area (Å²) in [6.07, 6.45) is 0.0961. The molecule has 0 saturated carbocycles. The van der Waals surface area contributed by atoms with E-state index >= 15 is 0 Å². The van der Waals surface area contributed by atoms with Gasteiger partial charge in [0.25, 0.3) is 0 Å². The highest BCUT2D eigenvalue weighted by atomic mass is 16.6. The van der Waals surface area contributed by atoms with Crippen LogP contribution in [-0.4, -0.2) is 36.4 Å². The monoisotopic (exact) mass is 204 g/mol. The van der Waals surface area contributed by atoms with Crippen LogP contribution in [0.2, 0.25) is 0 Å². The van der Waals surface area contributed by atoms with E-state index < -0.39 is 12.1 Å². The fourth-order valence-electron chi connectivity index (χ4n) is 0.727. The fourth-order valence-corrected chi connectivity index (χ4v) is 0.727. The molecule has 0 bridgehead atoms. The zero-order valence-electron chi connectivity index (χ0n) is 8.49. The molecular weight excluding hydrogens is 188 g/mol. The summed E-state index contributed by atoms with van der Waals surface area (Å²) >= 11 is 0. The van der Waals surface area contributed by atoms with Gasteiger partial charge < -0.3 is 14.6 Å². The molecule has 1 atom stereocenters. The number of carbonyl (C=O) groups excluding carboxylic acids is 2. The first kappa shape index (κ1) is 12.9. The summed E-state index contributed by atoms with van der Waals surface area (Å²) in [5.41, 5.74) is 0. The van der Waals surface area contributed by atoms with Crippen LogP contribution >= 0.6 is 0 Å². The highest BCUT2D eigenvalue weighted by Gasteiger charge is 2.09. The number of ether oxygens (including phenoxy) is 2. The van der Waals surface area contributed by atoms with Crippen LogP contribution in [0, 0.1) is 0 Å². The molecule has 0 amide bonds. The minimum absolute atomic E-state index is 0.133. The minimum atomic E-state index is -0.945. The van der Waals surface area contributed by atoms with Gasteiger partial charge in [0.1, 0.15) is 19.3 Å². The summed E-state index contributed by atoms with van der Waals surface area (Å²) in [5, 5.41) is 9.16. The fraction of sp³-hybridized carbons (Fsp3) is 0.778. The Morgan fingerprint density at radius 1 is 1.29 bits per heavy atom. The van der Waals surface area contributed by atoms with Gasteiger partial charge in [-0.15, -0.1) is 0 Å². The Morgan fingerprint density at radius 3 is 2.36 bits per heavy atom. The molecule has 0 saturated heterocycles. The summed E-state index contributed by atoms with van der Waals surface area (Å²) < 4.78 is 9.21. The summed E-state index contributed by atoms with van der Waals surface area (Å²) in [6.45, 7) is 2.83.